The average Bonchev–Trinajstić information content (AvgIpc) is 1.39. The molecule has 2 aromatic carbocycles. The predicted octanol–water partition coefficient (Wildman–Crippen LogP) is 15.8. The number of nitrogens with one attached hydrogen (secondary N) is 1. The monoisotopic (exact) mass is 1280 g/mol. The van der Waals surface area contributed by atoms with Crippen LogP contribution in [0.2, 0.25) is 0 Å². The summed E-state index contributed by atoms with van der Waals surface area (Å²) < 4.78 is 26.6. The Kier molecular flexibility index (Phi) is 32.3. The maximum atomic E-state index is 14.3. The van der Waals surface area contributed by atoms with Crippen molar-refractivity contribution in [2.75, 3.05) is 59.1 Å². The molecule has 4 aliphatic carbocycles. The molecule has 1 aliphatic heterocycles. The number of hydrogen-bond acceptors (Lipinski definition) is 12. The molecule has 15 heteroatoms. The van der Waals surface area contributed by atoms with Gasteiger partial charge in [-0.2, -0.15) is 0 Å². The standard InChI is InChI=1S/C77H121N5O10/c1-5-7-9-10-11-12-13-14-15-16-17-18-19-23-43-82(72(85)30-21-20-22-42-81-75(86)57-31-34-62(65(51-57)76(87)88)74-63-35-32-59(83)53-68(63)92-69-54-60(84)33-36-64(69)74)44-24-28-55(3)66-37-38-67-73-58(52-71(77(66,67)4)91-47-27-41-80)48-56(50-70(73)90-46-26-40-79)49-61(29-8-6-2)89-45-25-39-78/h31-36,51,53-56,58,61,66-67,70-71,73,83H,5-30,37-50,52,78-80H2,1-4H3,(H,81,86)(H,87,88)/t55-,56?,58+,61-,66?,67+,70-,71+,73?,77+/m1/s1. The summed E-state index contributed by atoms with van der Waals surface area (Å²) in [5.41, 5.74) is 19.6. The van der Waals surface area contributed by atoms with Crippen molar-refractivity contribution in [2.45, 2.75) is 251 Å². The van der Waals surface area contributed by atoms with Gasteiger partial charge in [0.15, 0.2) is 5.43 Å². The lowest BCUT2D eigenvalue weighted by Gasteiger charge is -2.58. The summed E-state index contributed by atoms with van der Waals surface area (Å²) in [6, 6.07) is 13.5. The molecule has 1 heterocycles. The number of phenolic OH excluding ortho intramolecular Hbond substituents is 1. The van der Waals surface area contributed by atoms with Crippen molar-refractivity contribution in [2.24, 2.45) is 58.1 Å². The van der Waals surface area contributed by atoms with E-state index in [1.165, 1.54) is 133 Å². The molecule has 15 nitrogen and oxygen atoms in total. The van der Waals surface area contributed by atoms with Crippen LogP contribution < -0.4 is 27.9 Å². The summed E-state index contributed by atoms with van der Waals surface area (Å²) in [5.74, 6) is 1.85. The van der Waals surface area contributed by atoms with Gasteiger partial charge in [-0.25, -0.2) is 4.79 Å². The Labute approximate surface area is 552 Å². The van der Waals surface area contributed by atoms with E-state index in [0.29, 0.717) is 116 Å². The number of ether oxygens (including phenoxy) is 3. The van der Waals surface area contributed by atoms with Crippen molar-refractivity contribution in [1.82, 2.24) is 10.2 Å². The number of hydrogen-bond donors (Lipinski definition) is 6. The maximum Gasteiger partial charge on any atom is 0.336 e. The van der Waals surface area contributed by atoms with Crippen LogP contribution in [0.15, 0.2) is 63.8 Å². The number of rotatable bonds is 46. The molecule has 0 aromatic heterocycles. The number of fused-ring (bicyclic) bond motifs is 5. The first kappa shape index (κ1) is 74.5. The van der Waals surface area contributed by atoms with Crippen LogP contribution in [0, 0.1) is 40.9 Å². The molecule has 0 bridgehead atoms. The highest BCUT2D eigenvalue weighted by atomic mass is 16.5. The van der Waals surface area contributed by atoms with Gasteiger partial charge >= 0.3 is 5.97 Å². The van der Waals surface area contributed by atoms with Crippen LogP contribution in [0.3, 0.4) is 0 Å². The number of aromatic carboxylic acids is 1. The number of aromatic hydroxyl groups is 1. The third-order valence-corrected chi connectivity index (χ3v) is 21.5. The number of amides is 2. The minimum Gasteiger partial charge on any atom is -0.508 e. The number of carbonyl (C=O) groups excluding carboxylic acids is 2. The highest BCUT2D eigenvalue weighted by Gasteiger charge is 2.62. The Bertz CT molecular complexity index is 2840. The summed E-state index contributed by atoms with van der Waals surface area (Å²) >= 11 is 0. The van der Waals surface area contributed by atoms with E-state index in [0.717, 1.165) is 103 Å². The van der Waals surface area contributed by atoms with Crippen molar-refractivity contribution in [1.29, 1.82) is 0 Å². The third kappa shape index (κ3) is 21.6. The van der Waals surface area contributed by atoms with E-state index in [-0.39, 0.29) is 63.3 Å². The van der Waals surface area contributed by atoms with E-state index >= 15 is 0 Å². The Morgan fingerprint density at radius 2 is 1.35 bits per heavy atom. The van der Waals surface area contributed by atoms with Crippen LogP contribution in [-0.4, -0.2) is 110 Å². The van der Waals surface area contributed by atoms with Gasteiger partial charge in [0.25, 0.3) is 5.91 Å². The fourth-order valence-corrected chi connectivity index (χ4v) is 16.7. The summed E-state index contributed by atoms with van der Waals surface area (Å²) in [6.07, 6.45) is 36.2. The van der Waals surface area contributed by atoms with E-state index in [4.69, 9.17) is 35.8 Å². The van der Waals surface area contributed by atoms with Crippen LogP contribution in [0.5, 0.6) is 5.75 Å². The van der Waals surface area contributed by atoms with Gasteiger partial charge in [0.2, 0.25) is 5.91 Å². The molecule has 3 unspecified atom stereocenters. The Morgan fingerprint density at radius 1 is 0.696 bits per heavy atom. The highest BCUT2D eigenvalue weighted by Crippen LogP contribution is 2.65. The third-order valence-electron chi connectivity index (χ3n) is 21.5. The van der Waals surface area contributed by atoms with Gasteiger partial charge in [-0.05, 0) is 193 Å². The zero-order chi connectivity index (χ0) is 65.7. The molecule has 0 saturated heterocycles. The number of carboxylic acid groups (broad SMARTS) is 1. The first-order valence-electron chi connectivity index (χ1n) is 36.8. The molecule has 3 saturated carbocycles. The normalized spacial score (nSPS) is 21.9. The maximum absolute atomic E-state index is 14.3. The van der Waals surface area contributed by atoms with E-state index < -0.39 is 11.9 Å². The molecule has 0 spiro atoms. The number of nitrogens with two attached hydrogens (primary N) is 3. The van der Waals surface area contributed by atoms with Crippen LogP contribution in [0.4, 0.5) is 0 Å². The zero-order valence-electron chi connectivity index (χ0n) is 57.2. The summed E-state index contributed by atoms with van der Waals surface area (Å²) in [5, 5.41) is 24.3. The minimum absolute atomic E-state index is 0.00490. The number of phenols is 1. The molecule has 10 atom stereocenters. The minimum atomic E-state index is -1.22. The highest BCUT2D eigenvalue weighted by molar-refractivity contribution is 6.09. The lowest BCUT2D eigenvalue weighted by Crippen LogP contribution is -2.57. The van der Waals surface area contributed by atoms with E-state index in [1.54, 1.807) is 24.3 Å². The molecule has 5 aliphatic rings. The number of carboxylic acids is 1. The number of benzene rings is 3. The number of unbranched alkanes of at least 4 members (excludes halogenated alkanes) is 16. The number of nitrogens with zero attached hydrogens (tertiary/aromatic N) is 1. The molecule has 3 fully saturated rings. The van der Waals surface area contributed by atoms with E-state index in [1.807, 2.05) is 0 Å². The second-order valence-electron chi connectivity index (χ2n) is 28.2. The van der Waals surface area contributed by atoms with Crippen LogP contribution in [-0.2, 0) is 19.0 Å². The lowest BCUT2D eigenvalue weighted by molar-refractivity contribution is -0.184. The molecular formula is C77H121N5O10. The largest absolute Gasteiger partial charge is 0.508 e. The van der Waals surface area contributed by atoms with Crippen molar-refractivity contribution in [3.63, 3.8) is 0 Å². The molecular weight excluding hydrogens is 1150 g/mol. The van der Waals surface area contributed by atoms with Gasteiger partial charge in [0.05, 0.1) is 23.9 Å². The van der Waals surface area contributed by atoms with E-state index in [2.05, 4.69) is 37.9 Å². The first-order valence-corrected chi connectivity index (χ1v) is 36.8. The van der Waals surface area contributed by atoms with Crippen molar-refractivity contribution in [3.8, 4) is 28.2 Å². The topological polar surface area (TPSA) is 243 Å². The van der Waals surface area contributed by atoms with Gasteiger partial charge in [-0.1, -0.05) is 136 Å². The first-order chi connectivity index (χ1) is 44.7. The molecule has 514 valence electrons. The van der Waals surface area contributed by atoms with Crippen LogP contribution in [0.25, 0.3) is 33.4 Å². The van der Waals surface area contributed by atoms with Gasteiger partial charge in [-0.3, -0.25) is 14.4 Å². The van der Waals surface area contributed by atoms with Gasteiger partial charge in [-0.15, -0.1) is 0 Å². The molecule has 2 aromatic rings. The van der Waals surface area contributed by atoms with Crippen molar-refractivity contribution < 1.29 is 43.2 Å². The Morgan fingerprint density at radius 3 is 2.04 bits per heavy atom. The SMILES string of the molecule is CCCCCCCCCCCCCCCCN(CCC[C@@H](C)C1CC[C@H]2C3[C@@H](CC(C[C@@H](CCCC)OCCCN)C[C@H]3OCCCN)C[C@H](OCCCN)[C@@]12C)C(=O)CCCCCNC(=O)c1ccc(-c2c3ccc(=O)cc-3oc3cc(O)ccc23)c(C(=O)O)c1. The quantitative estimate of drug-likeness (QED) is 0.0178. The zero-order valence-corrected chi connectivity index (χ0v) is 57.2. The Hall–Kier alpha value is -4.90. The summed E-state index contributed by atoms with van der Waals surface area (Å²) in [4.78, 5) is 55.3. The molecule has 2 amide bonds. The Balaban J connectivity index is 0.956. The van der Waals surface area contributed by atoms with Gasteiger partial charge in [0.1, 0.15) is 17.1 Å². The van der Waals surface area contributed by atoms with Gasteiger partial charge < -0.3 is 56.3 Å². The average molecular weight is 1280 g/mol. The molecule has 0 radical (unpaired) electrons. The second-order valence-corrected chi connectivity index (χ2v) is 28.2. The summed E-state index contributed by atoms with van der Waals surface area (Å²) in [7, 11) is 0. The van der Waals surface area contributed by atoms with Gasteiger partial charge in [0, 0.05) is 85.5 Å². The molecule has 7 rings (SSSR count). The van der Waals surface area contributed by atoms with E-state index in [9.17, 15) is 29.4 Å². The molecule has 92 heavy (non-hydrogen) atoms. The fraction of sp³-hybridized carbons (Fsp3) is 0.714. The van der Waals surface area contributed by atoms with Crippen molar-refractivity contribution >= 4 is 28.8 Å². The predicted molar refractivity (Wildman–Crippen MR) is 372 cm³/mol. The second kappa shape index (κ2) is 39.8. The molecule has 9 N–H and O–H groups in total. The summed E-state index contributed by atoms with van der Waals surface area (Å²) in [6.45, 7) is 15.6. The number of carbonyl (C=O) groups is 3. The van der Waals surface area contributed by atoms with Crippen molar-refractivity contribution in [3.05, 3.63) is 75.9 Å². The van der Waals surface area contributed by atoms with Crippen LogP contribution in [0.1, 0.15) is 254 Å². The fourth-order valence-electron chi connectivity index (χ4n) is 16.7. The smallest absolute Gasteiger partial charge is 0.336 e. The lowest BCUT2D eigenvalue weighted by atomic mass is 9.50. The van der Waals surface area contributed by atoms with Crippen LogP contribution >= 0.6 is 0 Å².